The van der Waals surface area contributed by atoms with Crippen LogP contribution in [0.3, 0.4) is 0 Å². The van der Waals surface area contributed by atoms with E-state index >= 15 is 0 Å². The minimum absolute atomic E-state index is 0.253. The SMILES string of the molecule is C#Cc1ccc(-c2cnc([C@H]([C@H](C)c3ccccc3)N3C(=O)N[C@H](c4ccc(OCCOC(C)(C)C)cc4)C3=O)[nH]2)c(F)c1. The molecular formula is C35H35FN4O4. The second-order valence-electron chi connectivity index (χ2n) is 11.6. The summed E-state index contributed by atoms with van der Waals surface area (Å²) in [5, 5.41) is 2.83. The number of aromatic nitrogens is 2. The molecule has 0 aliphatic carbocycles. The number of benzene rings is 3. The first-order valence-corrected chi connectivity index (χ1v) is 14.4. The molecular weight excluding hydrogens is 559 g/mol. The van der Waals surface area contributed by atoms with Crippen molar-refractivity contribution in [3.8, 4) is 29.4 Å². The number of halogens is 1. The quantitative estimate of drug-likeness (QED) is 0.124. The van der Waals surface area contributed by atoms with E-state index in [-0.39, 0.29) is 17.1 Å². The van der Waals surface area contributed by atoms with Gasteiger partial charge in [-0.05, 0) is 62.2 Å². The van der Waals surface area contributed by atoms with Crippen molar-refractivity contribution in [1.82, 2.24) is 20.2 Å². The number of carbonyl (C=O) groups excluding carboxylic acids is 2. The zero-order chi connectivity index (χ0) is 31.4. The van der Waals surface area contributed by atoms with Crippen LogP contribution in [0, 0.1) is 18.2 Å². The summed E-state index contributed by atoms with van der Waals surface area (Å²) in [7, 11) is 0. The molecule has 226 valence electrons. The topological polar surface area (TPSA) is 96.6 Å². The normalized spacial score (nSPS) is 16.4. The predicted molar refractivity (Wildman–Crippen MR) is 165 cm³/mol. The standard InChI is InChI=1S/C35H35FN4O4/c1-6-23-12-17-27(28(36)20-23)29-21-37-32(38-29)31(22(2)24-10-8-7-9-11-24)40-33(41)30(39-34(40)42)25-13-15-26(16-14-25)43-18-19-44-35(3,4)5/h1,7-17,20-22,30-31H,18-19H2,2-5H3,(H,37,38)(H,39,42)/t22-,30-,31+/m1/s1. The van der Waals surface area contributed by atoms with Gasteiger partial charge in [0.25, 0.3) is 5.91 Å². The number of imide groups is 1. The number of hydrogen-bond acceptors (Lipinski definition) is 5. The second kappa shape index (κ2) is 12.7. The van der Waals surface area contributed by atoms with Crippen molar-refractivity contribution in [2.24, 2.45) is 0 Å². The zero-order valence-electron chi connectivity index (χ0n) is 25.1. The van der Waals surface area contributed by atoms with Gasteiger partial charge in [-0.1, -0.05) is 55.3 Å². The van der Waals surface area contributed by atoms with E-state index in [0.717, 1.165) is 5.56 Å². The molecule has 0 radical (unpaired) electrons. The lowest BCUT2D eigenvalue weighted by molar-refractivity contribution is -0.129. The highest BCUT2D eigenvalue weighted by atomic mass is 19.1. The van der Waals surface area contributed by atoms with Crippen LogP contribution in [-0.2, 0) is 9.53 Å². The number of nitrogens with one attached hydrogen (secondary N) is 2. The van der Waals surface area contributed by atoms with E-state index < -0.39 is 29.8 Å². The number of imidazole rings is 1. The molecule has 1 aliphatic rings. The molecule has 0 spiro atoms. The maximum Gasteiger partial charge on any atom is 0.325 e. The van der Waals surface area contributed by atoms with Crippen molar-refractivity contribution < 1.29 is 23.5 Å². The van der Waals surface area contributed by atoms with Crippen molar-refractivity contribution in [2.75, 3.05) is 13.2 Å². The lowest BCUT2D eigenvalue weighted by Gasteiger charge is -2.29. The molecule has 1 saturated heterocycles. The zero-order valence-corrected chi connectivity index (χ0v) is 25.1. The average Bonchev–Trinajstić information content (AvgIpc) is 3.60. The van der Waals surface area contributed by atoms with E-state index in [0.29, 0.717) is 41.6 Å². The molecule has 1 aliphatic heterocycles. The first kappa shape index (κ1) is 30.5. The van der Waals surface area contributed by atoms with Gasteiger partial charge in [0, 0.05) is 17.0 Å². The van der Waals surface area contributed by atoms with Crippen LogP contribution in [0.5, 0.6) is 5.75 Å². The lowest BCUT2D eigenvalue weighted by Crippen LogP contribution is -2.38. The predicted octanol–water partition coefficient (Wildman–Crippen LogP) is 6.53. The highest BCUT2D eigenvalue weighted by molar-refractivity contribution is 6.05. The molecule has 3 amide bonds. The van der Waals surface area contributed by atoms with Gasteiger partial charge in [0.15, 0.2) is 0 Å². The van der Waals surface area contributed by atoms with Gasteiger partial charge in [0.1, 0.15) is 36.1 Å². The molecule has 1 fully saturated rings. The largest absolute Gasteiger partial charge is 0.491 e. The third kappa shape index (κ3) is 6.66. The van der Waals surface area contributed by atoms with Crippen molar-refractivity contribution in [3.63, 3.8) is 0 Å². The van der Waals surface area contributed by atoms with Gasteiger partial charge in [-0.2, -0.15) is 0 Å². The fourth-order valence-corrected chi connectivity index (χ4v) is 5.22. The number of hydrogen-bond donors (Lipinski definition) is 2. The number of urea groups is 1. The number of nitrogens with zero attached hydrogens (tertiary/aromatic N) is 2. The third-order valence-corrected chi connectivity index (χ3v) is 7.45. The van der Waals surface area contributed by atoms with E-state index in [1.54, 1.807) is 36.4 Å². The molecule has 0 bridgehead atoms. The average molecular weight is 595 g/mol. The van der Waals surface area contributed by atoms with E-state index in [1.165, 1.54) is 17.2 Å². The Hall–Kier alpha value is -4.94. The van der Waals surface area contributed by atoms with Crippen molar-refractivity contribution >= 4 is 11.9 Å². The monoisotopic (exact) mass is 594 g/mol. The lowest BCUT2D eigenvalue weighted by atomic mass is 9.91. The Balaban J connectivity index is 1.41. The Morgan fingerprint density at radius 2 is 1.77 bits per heavy atom. The van der Waals surface area contributed by atoms with Gasteiger partial charge in [-0.15, -0.1) is 6.42 Å². The molecule has 0 unspecified atom stereocenters. The van der Waals surface area contributed by atoms with Crippen LogP contribution in [0.4, 0.5) is 9.18 Å². The van der Waals surface area contributed by atoms with Gasteiger partial charge in [0.2, 0.25) is 0 Å². The number of terminal acetylenes is 1. The molecule has 3 aromatic carbocycles. The Morgan fingerprint density at radius 1 is 1.05 bits per heavy atom. The molecule has 8 nitrogen and oxygen atoms in total. The highest BCUT2D eigenvalue weighted by Crippen LogP contribution is 2.39. The minimum atomic E-state index is -0.894. The maximum absolute atomic E-state index is 14.9. The molecule has 3 atom stereocenters. The van der Waals surface area contributed by atoms with Crippen LogP contribution in [0.2, 0.25) is 0 Å². The van der Waals surface area contributed by atoms with E-state index in [4.69, 9.17) is 15.9 Å². The smallest absolute Gasteiger partial charge is 0.325 e. The van der Waals surface area contributed by atoms with Gasteiger partial charge in [-0.3, -0.25) is 9.69 Å². The van der Waals surface area contributed by atoms with Gasteiger partial charge in [0.05, 0.1) is 24.1 Å². The van der Waals surface area contributed by atoms with Crippen LogP contribution < -0.4 is 10.1 Å². The fraction of sp³-hybridized carbons (Fsp3) is 0.286. The summed E-state index contributed by atoms with van der Waals surface area (Å²) in [6.07, 6.45) is 6.91. The third-order valence-electron chi connectivity index (χ3n) is 7.45. The summed E-state index contributed by atoms with van der Waals surface area (Å²) in [5.41, 5.74) is 2.36. The van der Waals surface area contributed by atoms with Gasteiger partial charge >= 0.3 is 6.03 Å². The number of amides is 3. The molecule has 4 aromatic rings. The molecule has 1 aromatic heterocycles. The number of ether oxygens (including phenoxy) is 2. The van der Waals surface area contributed by atoms with Crippen LogP contribution in [0.1, 0.15) is 68.2 Å². The number of carbonyl (C=O) groups is 2. The first-order chi connectivity index (χ1) is 21.1. The molecule has 2 N–H and O–H groups in total. The van der Waals surface area contributed by atoms with E-state index in [9.17, 15) is 14.0 Å². The molecule has 44 heavy (non-hydrogen) atoms. The van der Waals surface area contributed by atoms with Crippen molar-refractivity contribution in [3.05, 3.63) is 107 Å². The Bertz CT molecular complexity index is 1670. The van der Waals surface area contributed by atoms with Gasteiger partial charge in [-0.25, -0.2) is 14.2 Å². The van der Waals surface area contributed by atoms with E-state index in [1.807, 2.05) is 58.0 Å². The van der Waals surface area contributed by atoms with Gasteiger partial charge < -0.3 is 19.8 Å². The Morgan fingerprint density at radius 3 is 2.43 bits per heavy atom. The van der Waals surface area contributed by atoms with Crippen LogP contribution in [-0.4, -0.2) is 45.6 Å². The number of H-pyrrole nitrogens is 1. The fourth-order valence-electron chi connectivity index (χ4n) is 5.22. The highest BCUT2D eigenvalue weighted by Gasteiger charge is 2.46. The second-order valence-corrected chi connectivity index (χ2v) is 11.6. The number of rotatable bonds is 10. The van der Waals surface area contributed by atoms with E-state index in [2.05, 4.69) is 21.2 Å². The minimum Gasteiger partial charge on any atom is -0.491 e. The molecule has 2 heterocycles. The van der Waals surface area contributed by atoms with Crippen LogP contribution in [0.15, 0.2) is 79.0 Å². The molecule has 9 heteroatoms. The number of aromatic amines is 1. The maximum atomic E-state index is 14.9. The molecule has 0 saturated carbocycles. The summed E-state index contributed by atoms with van der Waals surface area (Å²) in [6.45, 7) is 8.68. The summed E-state index contributed by atoms with van der Waals surface area (Å²) < 4.78 is 26.4. The van der Waals surface area contributed by atoms with Crippen LogP contribution in [0.25, 0.3) is 11.3 Å². The Kier molecular flexibility index (Phi) is 8.83. The van der Waals surface area contributed by atoms with Crippen molar-refractivity contribution in [2.45, 2.75) is 51.3 Å². The van der Waals surface area contributed by atoms with Crippen molar-refractivity contribution in [1.29, 1.82) is 0 Å². The summed E-state index contributed by atoms with van der Waals surface area (Å²) >= 11 is 0. The first-order valence-electron chi connectivity index (χ1n) is 14.4. The molecule has 5 rings (SSSR count). The summed E-state index contributed by atoms with van der Waals surface area (Å²) in [4.78, 5) is 36.3. The van der Waals surface area contributed by atoms with Crippen LogP contribution >= 0.6 is 0 Å². The Labute approximate surface area is 256 Å². The summed E-state index contributed by atoms with van der Waals surface area (Å²) in [6, 6.07) is 18.8. The summed E-state index contributed by atoms with van der Waals surface area (Å²) in [5.74, 6) is 2.13.